The summed E-state index contributed by atoms with van der Waals surface area (Å²) in [5.41, 5.74) is 0. The molecule has 2 unspecified atom stereocenters. The highest BCUT2D eigenvalue weighted by atomic mass is 14.9. The van der Waals surface area contributed by atoms with E-state index in [1.165, 1.54) is 38.6 Å². The second-order valence-electron chi connectivity index (χ2n) is 6.62. The van der Waals surface area contributed by atoms with E-state index < -0.39 is 0 Å². The summed E-state index contributed by atoms with van der Waals surface area (Å²) >= 11 is 0. The summed E-state index contributed by atoms with van der Waals surface area (Å²) in [5, 5.41) is 3.89. The summed E-state index contributed by atoms with van der Waals surface area (Å²) in [6.07, 6.45) is 7.09. The minimum Gasteiger partial charge on any atom is -0.313 e. The van der Waals surface area contributed by atoms with Gasteiger partial charge in [-0.1, -0.05) is 53.9 Å². The SMILES string of the molecule is CCC1CCCCC1NCC(C(C)C)C(C)C. The van der Waals surface area contributed by atoms with Gasteiger partial charge in [0.25, 0.3) is 0 Å². The maximum absolute atomic E-state index is 3.89. The Morgan fingerprint density at radius 2 is 1.59 bits per heavy atom. The molecule has 0 aromatic rings. The number of nitrogens with one attached hydrogen (secondary N) is 1. The fraction of sp³-hybridized carbons (Fsp3) is 1.00. The Labute approximate surface area is 109 Å². The molecule has 102 valence electrons. The molecule has 0 aromatic carbocycles. The molecule has 1 nitrogen and oxygen atoms in total. The summed E-state index contributed by atoms with van der Waals surface area (Å²) in [4.78, 5) is 0. The summed E-state index contributed by atoms with van der Waals surface area (Å²) in [6.45, 7) is 13.0. The van der Waals surface area contributed by atoms with E-state index in [1.807, 2.05) is 0 Å². The quantitative estimate of drug-likeness (QED) is 0.721. The van der Waals surface area contributed by atoms with E-state index in [1.54, 1.807) is 0 Å². The van der Waals surface area contributed by atoms with Crippen LogP contribution in [0.5, 0.6) is 0 Å². The Kier molecular flexibility index (Phi) is 6.54. The lowest BCUT2D eigenvalue weighted by Crippen LogP contribution is -2.42. The van der Waals surface area contributed by atoms with Crippen LogP contribution in [0.2, 0.25) is 0 Å². The van der Waals surface area contributed by atoms with Crippen molar-refractivity contribution in [1.82, 2.24) is 5.32 Å². The highest BCUT2D eigenvalue weighted by Crippen LogP contribution is 2.28. The van der Waals surface area contributed by atoms with E-state index in [2.05, 4.69) is 39.9 Å². The largest absolute Gasteiger partial charge is 0.313 e. The molecule has 1 N–H and O–H groups in total. The zero-order valence-electron chi connectivity index (χ0n) is 12.6. The molecule has 17 heavy (non-hydrogen) atoms. The predicted molar refractivity (Wildman–Crippen MR) is 77.2 cm³/mol. The molecular formula is C16H33N. The smallest absolute Gasteiger partial charge is 0.00953 e. The number of rotatable bonds is 6. The van der Waals surface area contributed by atoms with Gasteiger partial charge in [-0.3, -0.25) is 0 Å². The summed E-state index contributed by atoms with van der Waals surface area (Å²) in [7, 11) is 0. The lowest BCUT2D eigenvalue weighted by atomic mass is 9.81. The predicted octanol–water partition coefficient (Wildman–Crippen LogP) is 4.47. The second-order valence-corrected chi connectivity index (χ2v) is 6.62. The third kappa shape index (κ3) is 4.62. The molecule has 0 spiro atoms. The van der Waals surface area contributed by atoms with Gasteiger partial charge in [0.05, 0.1) is 0 Å². The maximum Gasteiger partial charge on any atom is 0.00953 e. The average molecular weight is 239 g/mol. The molecule has 0 amide bonds. The van der Waals surface area contributed by atoms with E-state index in [-0.39, 0.29) is 0 Å². The van der Waals surface area contributed by atoms with Crippen molar-refractivity contribution in [1.29, 1.82) is 0 Å². The normalized spacial score (nSPS) is 26.1. The highest BCUT2D eigenvalue weighted by Gasteiger charge is 2.25. The lowest BCUT2D eigenvalue weighted by Gasteiger charge is -2.34. The van der Waals surface area contributed by atoms with Gasteiger partial charge in [-0.05, 0) is 43.1 Å². The molecule has 0 saturated heterocycles. The van der Waals surface area contributed by atoms with Gasteiger partial charge in [0.15, 0.2) is 0 Å². The van der Waals surface area contributed by atoms with Crippen LogP contribution in [0.1, 0.15) is 66.7 Å². The number of hydrogen-bond donors (Lipinski definition) is 1. The van der Waals surface area contributed by atoms with Crippen molar-refractivity contribution in [3.63, 3.8) is 0 Å². The van der Waals surface area contributed by atoms with Gasteiger partial charge in [0.2, 0.25) is 0 Å². The molecule has 1 heteroatoms. The van der Waals surface area contributed by atoms with Crippen LogP contribution in [0.4, 0.5) is 0 Å². The lowest BCUT2D eigenvalue weighted by molar-refractivity contribution is 0.212. The maximum atomic E-state index is 3.89. The molecule has 0 heterocycles. The van der Waals surface area contributed by atoms with Crippen LogP contribution in [0.15, 0.2) is 0 Å². The highest BCUT2D eigenvalue weighted by molar-refractivity contribution is 4.82. The van der Waals surface area contributed by atoms with Crippen molar-refractivity contribution in [2.24, 2.45) is 23.7 Å². The van der Waals surface area contributed by atoms with Crippen molar-refractivity contribution in [3.05, 3.63) is 0 Å². The molecule has 2 atom stereocenters. The van der Waals surface area contributed by atoms with Crippen LogP contribution in [0.25, 0.3) is 0 Å². The second kappa shape index (κ2) is 7.41. The minimum absolute atomic E-state index is 0.797. The Morgan fingerprint density at radius 3 is 2.12 bits per heavy atom. The van der Waals surface area contributed by atoms with Crippen molar-refractivity contribution in [2.45, 2.75) is 72.8 Å². The first kappa shape index (κ1) is 15.0. The number of hydrogen-bond acceptors (Lipinski definition) is 1. The van der Waals surface area contributed by atoms with Gasteiger partial charge in [-0.15, -0.1) is 0 Å². The third-order valence-corrected chi connectivity index (χ3v) is 4.76. The fourth-order valence-electron chi connectivity index (χ4n) is 3.49. The topological polar surface area (TPSA) is 12.0 Å². The van der Waals surface area contributed by atoms with Gasteiger partial charge < -0.3 is 5.32 Å². The van der Waals surface area contributed by atoms with Crippen LogP contribution in [-0.4, -0.2) is 12.6 Å². The molecule has 0 radical (unpaired) electrons. The first-order valence-corrected chi connectivity index (χ1v) is 7.79. The Balaban J connectivity index is 2.41. The van der Waals surface area contributed by atoms with Crippen LogP contribution in [0, 0.1) is 23.7 Å². The van der Waals surface area contributed by atoms with Crippen LogP contribution in [-0.2, 0) is 0 Å². The standard InChI is InChI=1S/C16H33N/c1-6-14-9-7-8-10-16(14)17-11-15(12(2)3)13(4)5/h12-17H,6-11H2,1-5H3. The van der Waals surface area contributed by atoms with E-state index in [0.29, 0.717) is 0 Å². The molecule has 1 aliphatic rings. The molecule has 0 bridgehead atoms. The van der Waals surface area contributed by atoms with Gasteiger partial charge in [0, 0.05) is 6.04 Å². The van der Waals surface area contributed by atoms with E-state index in [9.17, 15) is 0 Å². The molecule has 1 rings (SSSR count). The van der Waals surface area contributed by atoms with Crippen LogP contribution in [0.3, 0.4) is 0 Å². The Bertz CT molecular complexity index is 190. The fourth-order valence-corrected chi connectivity index (χ4v) is 3.49. The van der Waals surface area contributed by atoms with Crippen molar-refractivity contribution >= 4 is 0 Å². The van der Waals surface area contributed by atoms with E-state index in [4.69, 9.17) is 0 Å². The first-order valence-electron chi connectivity index (χ1n) is 7.79. The van der Waals surface area contributed by atoms with Gasteiger partial charge >= 0.3 is 0 Å². The molecular weight excluding hydrogens is 206 g/mol. The van der Waals surface area contributed by atoms with Gasteiger partial charge in [-0.25, -0.2) is 0 Å². The van der Waals surface area contributed by atoms with Crippen LogP contribution < -0.4 is 5.32 Å². The zero-order valence-corrected chi connectivity index (χ0v) is 12.6. The summed E-state index contributed by atoms with van der Waals surface area (Å²) < 4.78 is 0. The van der Waals surface area contributed by atoms with Gasteiger partial charge in [-0.2, -0.15) is 0 Å². The van der Waals surface area contributed by atoms with Crippen LogP contribution >= 0.6 is 0 Å². The summed E-state index contributed by atoms with van der Waals surface area (Å²) in [5.74, 6) is 3.36. The van der Waals surface area contributed by atoms with Crippen molar-refractivity contribution in [2.75, 3.05) is 6.54 Å². The average Bonchev–Trinajstić information content (AvgIpc) is 2.29. The molecule has 1 saturated carbocycles. The molecule has 0 aromatic heterocycles. The summed E-state index contributed by atoms with van der Waals surface area (Å²) in [6, 6.07) is 0.800. The third-order valence-electron chi connectivity index (χ3n) is 4.76. The first-order chi connectivity index (χ1) is 8.06. The molecule has 0 aliphatic heterocycles. The van der Waals surface area contributed by atoms with Gasteiger partial charge in [0.1, 0.15) is 0 Å². The Morgan fingerprint density at radius 1 is 1.00 bits per heavy atom. The Hall–Kier alpha value is -0.0400. The van der Waals surface area contributed by atoms with Crippen molar-refractivity contribution in [3.8, 4) is 0 Å². The van der Waals surface area contributed by atoms with Crippen molar-refractivity contribution < 1.29 is 0 Å². The minimum atomic E-state index is 0.797. The van der Waals surface area contributed by atoms with E-state index in [0.717, 1.165) is 29.7 Å². The van der Waals surface area contributed by atoms with E-state index >= 15 is 0 Å². The molecule has 1 fully saturated rings. The monoisotopic (exact) mass is 239 g/mol. The zero-order chi connectivity index (χ0) is 12.8. The molecule has 1 aliphatic carbocycles.